The van der Waals surface area contributed by atoms with Crippen LogP contribution in [0.3, 0.4) is 0 Å². The Hall–Kier alpha value is -4.30. The summed E-state index contributed by atoms with van der Waals surface area (Å²) in [6, 6.07) is 5.46. The molecule has 0 bridgehead atoms. The van der Waals surface area contributed by atoms with Gasteiger partial charge in [-0.3, -0.25) is 69.0 Å². The second kappa shape index (κ2) is 11.0. The van der Waals surface area contributed by atoms with Gasteiger partial charge in [0.15, 0.2) is 0 Å². The number of fused-ring (bicyclic) bond motifs is 1. The molecule has 14 nitrogen and oxygen atoms in total. The molecule has 4 aliphatic rings. The number of piperidine rings is 1. The third kappa shape index (κ3) is 5.81. The van der Waals surface area contributed by atoms with Crippen LogP contribution in [0.15, 0.2) is 24.3 Å². The molecule has 3 fully saturated rings. The number of rotatable bonds is 4. The summed E-state index contributed by atoms with van der Waals surface area (Å²) in [7, 11) is 0. The zero-order valence-corrected chi connectivity index (χ0v) is 20.5. The highest BCUT2D eigenvalue weighted by Gasteiger charge is 2.44. The highest BCUT2D eigenvalue weighted by molar-refractivity contribution is 6.23. The van der Waals surface area contributed by atoms with Gasteiger partial charge < -0.3 is 0 Å². The first-order valence-corrected chi connectivity index (χ1v) is 12.0. The Morgan fingerprint density at radius 3 is 1.74 bits per heavy atom. The molecule has 0 aliphatic carbocycles. The van der Waals surface area contributed by atoms with Gasteiger partial charge in [0, 0.05) is 19.0 Å². The van der Waals surface area contributed by atoms with E-state index in [2.05, 4.69) is 16.0 Å². The fourth-order valence-corrected chi connectivity index (χ4v) is 4.71. The van der Waals surface area contributed by atoms with E-state index in [0.29, 0.717) is 17.7 Å². The maximum absolute atomic E-state index is 12.2. The van der Waals surface area contributed by atoms with Crippen molar-refractivity contribution >= 4 is 47.3 Å². The molecule has 200 valence electrons. The van der Waals surface area contributed by atoms with Crippen molar-refractivity contribution in [1.82, 2.24) is 30.7 Å². The normalized spacial score (nSPS) is 23.3. The number of nitrogens with zero attached hydrogens (tertiary/aromatic N) is 3. The van der Waals surface area contributed by atoms with Crippen LogP contribution in [0.2, 0.25) is 0 Å². The summed E-state index contributed by atoms with van der Waals surface area (Å²) in [4.78, 5) is 96.6. The van der Waals surface area contributed by atoms with Crippen molar-refractivity contribution in [2.45, 2.75) is 31.8 Å². The molecule has 5 rings (SSSR count). The van der Waals surface area contributed by atoms with Gasteiger partial charge in [0.05, 0.1) is 37.3 Å². The van der Waals surface area contributed by atoms with Crippen molar-refractivity contribution in [2.24, 2.45) is 0 Å². The molecule has 14 heteroatoms. The lowest BCUT2D eigenvalue weighted by Gasteiger charge is -2.35. The summed E-state index contributed by atoms with van der Waals surface area (Å²) in [5.74, 6) is -3.22. The van der Waals surface area contributed by atoms with Crippen LogP contribution in [0.5, 0.6) is 0 Å². The predicted octanol–water partition coefficient (Wildman–Crippen LogP) is -2.62. The van der Waals surface area contributed by atoms with Crippen LogP contribution in [-0.2, 0) is 28.8 Å². The van der Waals surface area contributed by atoms with Gasteiger partial charge in [-0.15, -0.1) is 0 Å². The largest absolute Gasteiger partial charge is 0.295 e. The van der Waals surface area contributed by atoms with Gasteiger partial charge >= 0.3 is 0 Å². The van der Waals surface area contributed by atoms with E-state index < -0.39 is 23.8 Å². The third-order valence-corrected chi connectivity index (χ3v) is 6.48. The van der Waals surface area contributed by atoms with E-state index in [1.807, 2.05) is 6.92 Å². The lowest BCUT2D eigenvalue weighted by atomic mass is 10.0. The number of imide groups is 4. The highest BCUT2D eigenvalue weighted by Crippen LogP contribution is 2.27. The molecule has 38 heavy (non-hydrogen) atoms. The lowest BCUT2D eigenvalue weighted by molar-refractivity contribution is -0.140. The first kappa shape index (κ1) is 26.8. The minimum absolute atomic E-state index is 0.0892. The van der Waals surface area contributed by atoms with E-state index in [1.54, 1.807) is 34.1 Å². The Bertz CT molecular complexity index is 1180. The summed E-state index contributed by atoms with van der Waals surface area (Å²) in [6.45, 7) is 2.94. The van der Waals surface area contributed by atoms with Crippen molar-refractivity contribution in [3.8, 4) is 0 Å². The van der Waals surface area contributed by atoms with Gasteiger partial charge in [0.1, 0.15) is 6.04 Å². The third-order valence-electron chi connectivity index (χ3n) is 6.48. The van der Waals surface area contributed by atoms with Crippen molar-refractivity contribution in [3.63, 3.8) is 0 Å². The summed E-state index contributed by atoms with van der Waals surface area (Å²) < 4.78 is 0. The van der Waals surface area contributed by atoms with Gasteiger partial charge in [0.25, 0.3) is 11.8 Å². The molecule has 0 aromatic heterocycles. The molecular formula is C24H26N6O8. The molecule has 4 aliphatic heterocycles. The molecule has 8 amide bonds. The Balaban J connectivity index is 0.000000177. The topological polar surface area (TPSA) is 182 Å². The van der Waals surface area contributed by atoms with Crippen LogP contribution in [0.4, 0.5) is 0 Å². The van der Waals surface area contributed by atoms with Gasteiger partial charge in [-0.2, -0.15) is 0 Å². The summed E-state index contributed by atoms with van der Waals surface area (Å²) in [5.41, 5.74) is 0.606. The average molecular weight is 527 g/mol. The lowest BCUT2D eigenvalue weighted by Crippen LogP contribution is -2.58. The van der Waals surface area contributed by atoms with Gasteiger partial charge in [-0.1, -0.05) is 12.1 Å². The Morgan fingerprint density at radius 2 is 1.24 bits per heavy atom. The predicted molar refractivity (Wildman–Crippen MR) is 127 cm³/mol. The maximum Gasteiger partial charge on any atom is 0.262 e. The van der Waals surface area contributed by atoms with Crippen LogP contribution in [0, 0.1) is 0 Å². The molecule has 0 saturated carbocycles. The van der Waals surface area contributed by atoms with E-state index in [-0.39, 0.29) is 74.6 Å². The van der Waals surface area contributed by atoms with Gasteiger partial charge in [0.2, 0.25) is 35.4 Å². The van der Waals surface area contributed by atoms with E-state index in [0.717, 1.165) is 4.90 Å². The van der Waals surface area contributed by atoms with Crippen molar-refractivity contribution in [2.75, 3.05) is 32.7 Å². The number of benzene rings is 1. The number of carbonyl (C=O) groups is 8. The van der Waals surface area contributed by atoms with Crippen LogP contribution in [0.25, 0.3) is 0 Å². The highest BCUT2D eigenvalue weighted by atomic mass is 16.2. The van der Waals surface area contributed by atoms with E-state index in [9.17, 15) is 38.4 Å². The monoisotopic (exact) mass is 526 g/mol. The average Bonchev–Trinajstić information content (AvgIpc) is 3.08. The molecule has 3 saturated heterocycles. The Kier molecular flexibility index (Phi) is 7.73. The molecule has 3 N–H and O–H groups in total. The molecule has 4 heterocycles. The molecule has 1 aromatic carbocycles. The summed E-state index contributed by atoms with van der Waals surface area (Å²) in [5, 5.41) is 6.61. The number of piperazine rings is 2. The quantitative estimate of drug-likeness (QED) is 0.351. The van der Waals surface area contributed by atoms with Crippen molar-refractivity contribution in [1.29, 1.82) is 0 Å². The number of carbonyl (C=O) groups excluding carboxylic acids is 8. The van der Waals surface area contributed by atoms with Crippen LogP contribution < -0.4 is 16.0 Å². The van der Waals surface area contributed by atoms with Crippen molar-refractivity contribution in [3.05, 3.63) is 35.4 Å². The minimum Gasteiger partial charge on any atom is -0.295 e. The maximum atomic E-state index is 12.2. The van der Waals surface area contributed by atoms with Crippen LogP contribution >= 0.6 is 0 Å². The minimum atomic E-state index is -0.898. The first-order valence-electron chi connectivity index (χ1n) is 12.0. The fraction of sp³-hybridized carbons (Fsp3) is 0.417. The number of nitrogens with one attached hydrogen (secondary N) is 3. The summed E-state index contributed by atoms with van der Waals surface area (Å²) >= 11 is 0. The van der Waals surface area contributed by atoms with E-state index in [4.69, 9.17) is 0 Å². The Morgan fingerprint density at radius 1 is 0.737 bits per heavy atom. The second-order valence-corrected chi connectivity index (χ2v) is 9.36. The molecule has 2 atom stereocenters. The SMILES string of the molecule is C[C@@H](CN1CC(=O)NC(=O)C1)N1CC(=O)NC(=O)C1.O=C1CCC(N2C(=O)c3ccccc3C2=O)C(=O)N1. The molecule has 1 unspecified atom stereocenters. The molecule has 0 radical (unpaired) electrons. The number of hydrogen-bond acceptors (Lipinski definition) is 10. The second-order valence-electron chi connectivity index (χ2n) is 9.36. The first-order chi connectivity index (χ1) is 18.0. The molecule has 0 spiro atoms. The summed E-state index contributed by atoms with van der Waals surface area (Å²) in [6.07, 6.45) is 0.306. The van der Waals surface area contributed by atoms with E-state index >= 15 is 0 Å². The van der Waals surface area contributed by atoms with Crippen LogP contribution in [-0.4, -0.2) is 107 Å². The van der Waals surface area contributed by atoms with E-state index in [1.165, 1.54) is 0 Å². The number of hydrogen-bond donors (Lipinski definition) is 3. The zero-order valence-electron chi connectivity index (χ0n) is 20.5. The smallest absolute Gasteiger partial charge is 0.262 e. The van der Waals surface area contributed by atoms with Gasteiger partial charge in [-0.05, 0) is 25.5 Å². The number of amides is 8. The van der Waals surface area contributed by atoms with Crippen molar-refractivity contribution < 1.29 is 38.4 Å². The zero-order chi connectivity index (χ0) is 27.6. The fourth-order valence-electron chi connectivity index (χ4n) is 4.71. The molecule has 1 aromatic rings. The molecular weight excluding hydrogens is 500 g/mol. The van der Waals surface area contributed by atoms with Gasteiger partial charge in [-0.25, -0.2) is 0 Å². The standard InChI is InChI=1S/C13H10N2O4.C11H16N4O4/c16-10-6-5-9(11(17)14-10)15-12(18)7-3-1-2-4-8(7)13(15)19;1-7(15-5-10(18)13-11(19)6-15)2-14-3-8(16)12-9(17)4-14/h1-4,9H,5-6H2,(H,14,16,17);7H,2-6H2,1H3,(H,12,16,17)(H,13,18,19)/t;7-/m.0/s1. The Labute approximate surface area is 216 Å². The van der Waals surface area contributed by atoms with Crippen LogP contribution in [0.1, 0.15) is 40.5 Å².